The number of thioether (sulfide) groups is 1. The summed E-state index contributed by atoms with van der Waals surface area (Å²) in [6.07, 6.45) is 0. The van der Waals surface area contributed by atoms with Crippen LogP contribution in [0.2, 0.25) is 0 Å². The first-order chi connectivity index (χ1) is 13.0. The highest BCUT2D eigenvalue weighted by Gasteiger charge is 2.15. The number of carbonyl (C=O) groups excluding carboxylic acids is 1. The molecule has 27 heavy (non-hydrogen) atoms. The molecule has 140 valence electrons. The van der Waals surface area contributed by atoms with E-state index in [1.54, 1.807) is 19.1 Å². The van der Waals surface area contributed by atoms with Gasteiger partial charge in [0, 0.05) is 6.07 Å². The number of amides is 1. The van der Waals surface area contributed by atoms with Crippen molar-refractivity contribution in [2.45, 2.75) is 18.2 Å². The van der Waals surface area contributed by atoms with E-state index in [1.807, 2.05) is 25.1 Å². The molecule has 3 rings (SSSR count). The van der Waals surface area contributed by atoms with Crippen LogP contribution in [0.1, 0.15) is 12.5 Å². The number of rotatable bonds is 7. The highest BCUT2D eigenvalue weighted by molar-refractivity contribution is 8.01. The first-order valence-electron chi connectivity index (χ1n) is 8.18. The third kappa shape index (κ3) is 4.55. The van der Waals surface area contributed by atoms with Crippen molar-refractivity contribution in [3.63, 3.8) is 0 Å². The van der Waals surface area contributed by atoms with Gasteiger partial charge in [0.05, 0.1) is 38.8 Å². The number of nitrogens with one attached hydrogen (secondary N) is 1. The van der Waals surface area contributed by atoms with Crippen LogP contribution in [0.15, 0.2) is 40.7 Å². The van der Waals surface area contributed by atoms with Crippen LogP contribution in [0.25, 0.3) is 10.2 Å². The number of hydrogen-bond acceptors (Lipinski definition) is 7. The molecule has 0 atom stereocenters. The van der Waals surface area contributed by atoms with Crippen LogP contribution in [-0.4, -0.2) is 28.2 Å². The Morgan fingerprint density at radius 1 is 1.37 bits per heavy atom. The molecule has 1 aromatic heterocycles. The number of carbonyl (C=O) groups is 1. The lowest BCUT2D eigenvalue weighted by Crippen LogP contribution is -2.15. The van der Waals surface area contributed by atoms with Gasteiger partial charge in [-0.25, -0.2) is 4.98 Å². The Labute approximate surface area is 163 Å². The van der Waals surface area contributed by atoms with E-state index in [0.29, 0.717) is 17.9 Å². The number of anilines is 1. The standard InChI is InChI=1S/C18H17N3O4S2/c1-3-25-12-7-8-14-16(9-12)27-18(20-14)26-10-17(22)19-13-5-4-6-15(11(13)2)21(23)24/h4-9H,3,10H2,1-2H3,(H,19,22). The van der Waals surface area contributed by atoms with Crippen LogP contribution in [0.3, 0.4) is 0 Å². The van der Waals surface area contributed by atoms with Gasteiger partial charge >= 0.3 is 0 Å². The molecule has 1 N–H and O–H groups in total. The van der Waals surface area contributed by atoms with E-state index in [9.17, 15) is 14.9 Å². The third-order valence-electron chi connectivity index (χ3n) is 3.75. The van der Waals surface area contributed by atoms with E-state index in [2.05, 4.69) is 10.3 Å². The van der Waals surface area contributed by atoms with Gasteiger partial charge in [-0.3, -0.25) is 14.9 Å². The largest absolute Gasteiger partial charge is 0.494 e. The molecule has 1 heterocycles. The zero-order valence-electron chi connectivity index (χ0n) is 14.7. The van der Waals surface area contributed by atoms with Crippen molar-refractivity contribution in [1.29, 1.82) is 0 Å². The molecule has 1 amide bonds. The fourth-order valence-corrected chi connectivity index (χ4v) is 4.37. The molecule has 0 aliphatic carbocycles. The predicted octanol–water partition coefficient (Wildman–Crippen LogP) is 4.64. The van der Waals surface area contributed by atoms with Crippen LogP contribution in [0.5, 0.6) is 5.75 Å². The molecule has 7 nitrogen and oxygen atoms in total. The molecule has 0 fully saturated rings. The molecule has 0 aliphatic heterocycles. The summed E-state index contributed by atoms with van der Waals surface area (Å²) < 4.78 is 7.27. The maximum Gasteiger partial charge on any atom is 0.274 e. The molecule has 3 aromatic rings. The highest BCUT2D eigenvalue weighted by atomic mass is 32.2. The van der Waals surface area contributed by atoms with E-state index in [-0.39, 0.29) is 17.3 Å². The SMILES string of the molecule is CCOc1ccc2nc(SCC(=O)Nc3cccc([N+](=O)[O-])c3C)sc2c1. The average Bonchev–Trinajstić information content (AvgIpc) is 3.04. The second-order valence-electron chi connectivity index (χ2n) is 5.59. The Morgan fingerprint density at radius 2 is 2.19 bits per heavy atom. The molecule has 0 aliphatic rings. The third-order valence-corrected chi connectivity index (χ3v) is 5.92. The van der Waals surface area contributed by atoms with E-state index in [0.717, 1.165) is 20.3 Å². The average molecular weight is 403 g/mol. The molecule has 9 heteroatoms. The van der Waals surface area contributed by atoms with Gasteiger partial charge in [0.15, 0.2) is 4.34 Å². The first-order valence-corrected chi connectivity index (χ1v) is 9.98. The lowest BCUT2D eigenvalue weighted by molar-refractivity contribution is -0.385. The Bertz CT molecular complexity index is 1000. The van der Waals surface area contributed by atoms with Gasteiger partial charge in [0.1, 0.15) is 5.75 Å². The van der Waals surface area contributed by atoms with Gasteiger partial charge in [0.2, 0.25) is 5.91 Å². The van der Waals surface area contributed by atoms with E-state index in [4.69, 9.17) is 4.74 Å². The zero-order valence-corrected chi connectivity index (χ0v) is 16.4. The van der Waals surface area contributed by atoms with Crippen molar-refractivity contribution in [1.82, 2.24) is 4.98 Å². The number of ether oxygens (including phenoxy) is 1. The second-order valence-corrected chi connectivity index (χ2v) is 7.84. The van der Waals surface area contributed by atoms with Gasteiger partial charge in [-0.15, -0.1) is 11.3 Å². The van der Waals surface area contributed by atoms with E-state index < -0.39 is 4.92 Å². The maximum absolute atomic E-state index is 12.2. The molecular formula is C18H17N3O4S2. The Hall–Kier alpha value is -2.65. The number of benzene rings is 2. The molecule has 2 aromatic carbocycles. The smallest absolute Gasteiger partial charge is 0.274 e. The Kier molecular flexibility index (Phi) is 5.92. The predicted molar refractivity (Wildman–Crippen MR) is 108 cm³/mol. The highest BCUT2D eigenvalue weighted by Crippen LogP contribution is 2.32. The van der Waals surface area contributed by atoms with Crippen LogP contribution < -0.4 is 10.1 Å². The summed E-state index contributed by atoms with van der Waals surface area (Å²) >= 11 is 2.83. The minimum absolute atomic E-state index is 0.0169. The first kappa shape index (κ1) is 19.1. The summed E-state index contributed by atoms with van der Waals surface area (Å²) in [7, 11) is 0. The maximum atomic E-state index is 12.2. The van der Waals surface area contributed by atoms with Crippen molar-refractivity contribution >= 4 is 50.6 Å². The number of thiazole rings is 1. The molecule has 0 radical (unpaired) electrons. The van der Waals surface area contributed by atoms with Crippen LogP contribution in [-0.2, 0) is 4.79 Å². The number of aromatic nitrogens is 1. The lowest BCUT2D eigenvalue weighted by atomic mass is 10.1. The minimum Gasteiger partial charge on any atom is -0.494 e. The summed E-state index contributed by atoms with van der Waals surface area (Å²) in [6, 6.07) is 10.3. The number of nitrogens with zero attached hydrogens (tertiary/aromatic N) is 2. The Balaban J connectivity index is 1.65. The van der Waals surface area contributed by atoms with Gasteiger partial charge in [-0.1, -0.05) is 17.8 Å². The summed E-state index contributed by atoms with van der Waals surface area (Å²) in [5, 5.41) is 13.7. The quantitative estimate of drug-likeness (QED) is 0.351. The number of hydrogen-bond donors (Lipinski definition) is 1. The van der Waals surface area contributed by atoms with Gasteiger partial charge in [-0.2, -0.15) is 0 Å². The normalized spacial score (nSPS) is 10.7. The van der Waals surface area contributed by atoms with Crippen LogP contribution in [0, 0.1) is 17.0 Å². The monoisotopic (exact) mass is 403 g/mol. The van der Waals surface area contributed by atoms with Crippen molar-refractivity contribution in [3.8, 4) is 5.75 Å². The van der Waals surface area contributed by atoms with E-state index >= 15 is 0 Å². The second kappa shape index (κ2) is 8.36. The number of fused-ring (bicyclic) bond motifs is 1. The summed E-state index contributed by atoms with van der Waals surface area (Å²) in [5.41, 5.74) is 1.72. The minimum atomic E-state index is -0.461. The van der Waals surface area contributed by atoms with Gasteiger partial charge < -0.3 is 10.1 Å². The molecule has 0 saturated carbocycles. The number of nitro benzene ring substituents is 1. The van der Waals surface area contributed by atoms with E-state index in [1.165, 1.54) is 29.2 Å². The lowest BCUT2D eigenvalue weighted by Gasteiger charge is -2.07. The van der Waals surface area contributed by atoms with Crippen molar-refractivity contribution in [2.24, 2.45) is 0 Å². The summed E-state index contributed by atoms with van der Waals surface area (Å²) in [4.78, 5) is 27.3. The van der Waals surface area contributed by atoms with Crippen LogP contribution in [0.4, 0.5) is 11.4 Å². The van der Waals surface area contributed by atoms with Crippen molar-refractivity contribution < 1.29 is 14.5 Å². The Morgan fingerprint density at radius 3 is 2.93 bits per heavy atom. The van der Waals surface area contributed by atoms with Gasteiger partial charge in [-0.05, 0) is 38.1 Å². The molecule has 0 bridgehead atoms. The molecule has 0 spiro atoms. The zero-order chi connectivity index (χ0) is 19.4. The van der Waals surface area contributed by atoms with Crippen molar-refractivity contribution in [2.75, 3.05) is 17.7 Å². The fraction of sp³-hybridized carbons (Fsp3) is 0.222. The fourth-order valence-electron chi connectivity index (χ4n) is 2.47. The topological polar surface area (TPSA) is 94.4 Å². The summed E-state index contributed by atoms with van der Waals surface area (Å²) in [6.45, 7) is 4.15. The molecular weight excluding hydrogens is 386 g/mol. The molecule has 0 saturated heterocycles. The van der Waals surface area contributed by atoms with Crippen LogP contribution >= 0.6 is 23.1 Å². The summed E-state index contributed by atoms with van der Waals surface area (Å²) in [5.74, 6) is 0.724. The van der Waals surface area contributed by atoms with Crippen molar-refractivity contribution in [3.05, 3.63) is 52.1 Å². The number of nitro groups is 1. The van der Waals surface area contributed by atoms with Gasteiger partial charge in [0.25, 0.3) is 5.69 Å². The molecule has 0 unspecified atom stereocenters.